The average Bonchev–Trinajstić information content (AvgIpc) is 3.07. The fourth-order valence-corrected chi connectivity index (χ4v) is 4.40. The van der Waals surface area contributed by atoms with E-state index in [-0.39, 0.29) is 17.2 Å². The lowest BCUT2D eigenvalue weighted by molar-refractivity contribution is -0.141. The van der Waals surface area contributed by atoms with Crippen LogP contribution in [0.5, 0.6) is 0 Å². The molecule has 2 amide bonds. The molecule has 3 rings (SSSR count). The number of rotatable bonds is 4. The molecule has 1 atom stereocenters. The van der Waals surface area contributed by atoms with Crippen LogP contribution in [0.3, 0.4) is 0 Å². The highest BCUT2D eigenvalue weighted by Crippen LogP contribution is 2.40. The van der Waals surface area contributed by atoms with Crippen LogP contribution in [0.25, 0.3) is 0 Å². The van der Waals surface area contributed by atoms with Crippen molar-refractivity contribution in [1.29, 1.82) is 0 Å². The summed E-state index contributed by atoms with van der Waals surface area (Å²) < 4.78 is 0. The van der Waals surface area contributed by atoms with Crippen LogP contribution in [0.4, 0.5) is 0 Å². The number of aromatic nitrogens is 1. The predicted molar refractivity (Wildman–Crippen MR) is 93.7 cm³/mol. The summed E-state index contributed by atoms with van der Waals surface area (Å²) in [5, 5.41) is 3.08. The van der Waals surface area contributed by atoms with Gasteiger partial charge in [-0.2, -0.15) is 0 Å². The minimum atomic E-state index is -0.296. The fourth-order valence-electron chi connectivity index (χ4n) is 3.79. The van der Waals surface area contributed by atoms with Crippen molar-refractivity contribution < 1.29 is 9.59 Å². The van der Waals surface area contributed by atoms with E-state index in [2.05, 4.69) is 9.88 Å². The molecular formula is C17H26N4O2S. The Morgan fingerprint density at radius 1 is 1.38 bits per heavy atom. The Morgan fingerprint density at radius 3 is 2.83 bits per heavy atom. The third kappa shape index (κ3) is 3.47. The second-order valence-electron chi connectivity index (χ2n) is 7.22. The smallest absolute Gasteiger partial charge is 0.236 e. The second kappa shape index (κ2) is 6.80. The first-order chi connectivity index (χ1) is 11.4. The van der Waals surface area contributed by atoms with Gasteiger partial charge in [-0.1, -0.05) is 0 Å². The van der Waals surface area contributed by atoms with Crippen LogP contribution < -0.4 is 0 Å². The van der Waals surface area contributed by atoms with Gasteiger partial charge in [0.05, 0.1) is 29.2 Å². The van der Waals surface area contributed by atoms with Crippen LogP contribution in [0.15, 0.2) is 5.38 Å². The van der Waals surface area contributed by atoms with Crippen LogP contribution in [0, 0.1) is 12.3 Å². The van der Waals surface area contributed by atoms with Crippen molar-refractivity contribution in [3.05, 3.63) is 16.1 Å². The van der Waals surface area contributed by atoms with Gasteiger partial charge in [-0.05, 0) is 32.7 Å². The molecule has 132 valence electrons. The number of nitrogens with zero attached hydrogens (tertiary/aromatic N) is 4. The number of thiazole rings is 1. The van der Waals surface area contributed by atoms with Gasteiger partial charge < -0.3 is 9.80 Å². The van der Waals surface area contributed by atoms with E-state index in [9.17, 15) is 9.59 Å². The SMILES string of the molecule is Cc1nc(CN2CCC3(CCCN(CC(=O)N(C)C)C3)C2=O)cs1. The molecule has 0 radical (unpaired) electrons. The molecule has 0 bridgehead atoms. The molecule has 7 heteroatoms. The quantitative estimate of drug-likeness (QED) is 0.823. The topological polar surface area (TPSA) is 56.8 Å². The van der Waals surface area contributed by atoms with Crippen molar-refractivity contribution in [3.63, 3.8) is 0 Å². The van der Waals surface area contributed by atoms with E-state index < -0.39 is 0 Å². The van der Waals surface area contributed by atoms with E-state index in [1.54, 1.807) is 30.3 Å². The number of piperidine rings is 1. The van der Waals surface area contributed by atoms with Gasteiger partial charge in [-0.15, -0.1) is 11.3 Å². The number of hydrogen-bond donors (Lipinski definition) is 0. The lowest BCUT2D eigenvalue weighted by atomic mass is 9.78. The fraction of sp³-hybridized carbons (Fsp3) is 0.706. The molecular weight excluding hydrogens is 324 g/mol. The summed E-state index contributed by atoms with van der Waals surface area (Å²) in [5.41, 5.74) is 0.689. The van der Waals surface area contributed by atoms with E-state index in [1.165, 1.54) is 0 Å². The summed E-state index contributed by atoms with van der Waals surface area (Å²) in [6.45, 7) is 5.42. The summed E-state index contributed by atoms with van der Waals surface area (Å²) in [4.78, 5) is 35.2. The molecule has 24 heavy (non-hydrogen) atoms. The number of likely N-dealkylation sites (N-methyl/N-ethyl adjacent to an activating group) is 1. The summed E-state index contributed by atoms with van der Waals surface area (Å²) in [5.74, 6) is 0.349. The van der Waals surface area contributed by atoms with Gasteiger partial charge in [-0.3, -0.25) is 14.5 Å². The first kappa shape index (κ1) is 17.4. The summed E-state index contributed by atoms with van der Waals surface area (Å²) >= 11 is 1.63. The third-order valence-electron chi connectivity index (χ3n) is 5.13. The Balaban J connectivity index is 1.65. The van der Waals surface area contributed by atoms with E-state index in [0.717, 1.165) is 43.1 Å². The van der Waals surface area contributed by atoms with E-state index >= 15 is 0 Å². The first-order valence-corrected chi connectivity index (χ1v) is 9.40. The molecule has 2 saturated heterocycles. The van der Waals surface area contributed by atoms with Gasteiger partial charge >= 0.3 is 0 Å². The highest BCUT2D eigenvalue weighted by atomic mass is 32.1. The van der Waals surface area contributed by atoms with Crippen LogP contribution in [0.1, 0.15) is 30.0 Å². The molecule has 2 fully saturated rings. The Kier molecular flexibility index (Phi) is 4.92. The minimum Gasteiger partial charge on any atom is -0.348 e. The normalized spacial score (nSPS) is 24.8. The number of aryl methyl sites for hydroxylation is 1. The highest BCUT2D eigenvalue weighted by Gasteiger charge is 2.48. The van der Waals surface area contributed by atoms with Crippen molar-refractivity contribution in [3.8, 4) is 0 Å². The van der Waals surface area contributed by atoms with Crippen LogP contribution in [-0.4, -0.2) is 71.8 Å². The van der Waals surface area contributed by atoms with E-state index in [4.69, 9.17) is 0 Å². The molecule has 1 aromatic rings. The van der Waals surface area contributed by atoms with Gasteiger partial charge in [0.25, 0.3) is 0 Å². The highest BCUT2D eigenvalue weighted by molar-refractivity contribution is 7.09. The monoisotopic (exact) mass is 350 g/mol. The Hall–Kier alpha value is -1.47. The molecule has 0 aliphatic carbocycles. The number of likely N-dealkylation sites (tertiary alicyclic amines) is 2. The second-order valence-corrected chi connectivity index (χ2v) is 8.28. The lowest BCUT2D eigenvalue weighted by Crippen LogP contribution is -2.50. The average molecular weight is 350 g/mol. The molecule has 2 aliphatic rings. The maximum Gasteiger partial charge on any atom is 0.236 e. The standard InChI is InChI=1S/C17H26N4O2S/c1-13-18-14(11-24-13)9-21-8-6-17(16(21)23)5-4-7-20(12-17)10-15(22)19(2)3/h11H,4-10,12H2,1-3H3. The maximum absolute atomic E-state index is 13.0. The first-order valence-electron chi connectivity index (χ1n) is 8.52. The summed E-state index contributed by atoms with van der Waals surface area (Å²) in [6, 6.07) is 0. The molecule has 6 nitrogen and oxygen atoms in total. The van der Waals surface area contributed by atoms with Gasteiger partial charge in [0.2, 0.25) is 11.8 Å². The van der Waals surface area contributed by atoms with E-state index in [1.807, 2.05) is 17.2 Å². The molecule has 0 aromatic carbocycles. The maximum atomic E-state index is 13.0. The summed E-state index contributed by atoms with van der Waals surface area (Å²) in [7, 11) is 3.56. The number of hydrogen-bond acceptors (Lipinski definition) is 5. The molecule has 3 heterocycles. The Labute approximate surface area is 147 Å². The molecule has 1 spiro atoms. The molecule has 0 N–H and O–H groups in total. The molecule has 1 unspecified atom stereocenters. The zero-order chi connectivity index (χ0) is 17.3. The van der Waals surface area contributed by atoms with Crippen LogP contribution >= 0.6 is 11.3 Å². The largest absolute Gasteiger partial charge is 0.348 e. The number of carbonyl (C=O) groups excluding carboxylic acids is 2. The minimum absolute atomic E-state index is 0.104. The van der Waals surface area contributed by atoms with Crippen molar-refractivity contribution in [1.82, 2.24) is 19.7 Å². The third-order valence-corrected chi connectivity index (χ3v) is 5.96. The number of amides is 2. The zero-order valence-electron chi connectivity index (χ0n) is 14.7. The van der Waals surface area contributed by atoms with Gasteiger partial charge in [-0.25, -0.2) is 4.98 Å². The molecule has 0 saturated carbocycles. The zero-order valence-corrected chi connectivity index (χ0v) is 15.6. The predicted octanol–water partition coefficient (Wildman–Crippen LogP) is 1.35. The van der Waals surface area contributed by atoms with Crippen molar-refractivity contribution >= 4 is 23.2 Å². The van der Waals surface area contributed by atoms with Crippen molar-refractivity contribution in [2.75, 3.05) is 40.3 Å². The van der Waals surface area contributed by atoms with Crippen molar-refractivity contribution in [2.45, 2.75) is 32.7 Å². The van der Waals surface area contributed by atoms with Gasteiger partial charge in [0.15, 0.2) is 0 Å². The lowest BCUT2D eigenvalue weighted by Gasteiger charge is -2.39. The molecule has 2 aliphatic heterocycles. The number of carbonyl (C=O) groups is 2. The Bertz CT molecular complexity index is 630. The van der Waals surface area contributed by atoms with Crippen molar-refractivity contribution in [2.24, 2.45) is 5.41 Å². The molecule has 1 aromatic heterocycles. The summed E-state index contributed by atoms with van der Waals surface area (Å²) in [6.07, 6.45) is 2.81. The van der Waals surface area contributed by atoms with Crippen LogP contribution in [-0.2, 0) is 16.1 Å². The van der Waals surface area contributed by atoms with E-state index in [0.29, 0.717) is 19.6 Å². The van der Waals surface area contributed by atoms with Crippen LogP contribution in [0.2, 0.25) is 0 Å². The van der Waals surface area contributed by atoms with Gasteiger partial charge in [0.1, 0.15) is 0 Å². The Morgan fingerprint density at radius 2 is 2.17 bits per heavy atom. The van der Waals surface area contributed by atoms with Gasteiger partial charge in [0, 0.05) is 32.6 Å².